The number of benzene rings is 4. The lowest BCUT2D eigenvalue weighted by molar-refractivity contribution is -0.134. The number of rotatable bonds is 17. The predicted octanol–water partition coefficient (Wildman–Crippen LogP) is 15.1. The van der Waals surface area contributed by atoms with Gasteiger partial charge in [-0.15, -0.1) is 0 Å². The second-order valence-electron chi connectivity index (χ2n) is 26.0. The van der Waals surface area contributed by atoms with Crippen LogP contribution < -0.4 is 25.8 Å². The van der Waals surface area contributed by atoms with E-state index < -0.39 is 55.6 Å². The molecule has 113 heavy (non-hydrogen) atoms. The number of nitrogen functional groups attached to an aromatic ring is 1. The highest BCUT2D eigenvalue weighted by Crippen LogP contribution is 2.44. The molecule has 28 nitrogen and oxygen atoms in total. The third kappa shape index (κ3) is 30.0. The summed E-state index contributed by atoms with van der Waals surface area (Å²) in [6, 6.07) is 27.0. The molecule has 610 valence electrons. The molecule has 4 aromatic carbocycles. The van der Waals surface area contributed by atoms with Gasteiger partial charge in [-0.1, -0.05) is 128 Å². The van der Waals surface area contributed by atoms with E-state index in [1.807, 2.05) is 168 Å². The van der Waals surface area contributed by atoms with E-state index in [-0.39, 0.29) is 22.2 Å². The number of ether oxygens (including phenoxy) is 2. The molecule has 0 aliphatic carbocycles. The number of carbonyl (C=O) groups is 4. The number of nitrogens with two attached hydrogens (primary N) is 1. The Labute approximate surface area is 694 Å². The molecule has 1 aliphatic heterocycles. The van der Waals surface area contributed by atoms with Crippen molar-refractivity contribution in [2.24, 2.45) is 0 Å². The third-order valence-electron chi connectivity index (χ3n) is 16.9. The number of amides is 4. The second kappa shape index (κ2) is 47.0. The molecule has 7 aromatic heterocycles. The van der Waals surface area contributed by atoms with Crippen molar-refractivity contribution in [2.45, 2.75) is 177 Å². The molecule has 8 N–H and O–H groups in total. The molecular formula is C79H102Br4N16O12S2. The van der Waals surface area contributed by atoms with Crippen LogP contribution in [-0.2, 0) is 71.2 Å². The van der Waals surface area contributed by atoms with Crippen molar-refractivity contribution in [1.29, 1.82) is 0 Å². The number of nitrogens with zero attached hydrogens (tertiary/aromatic N) is 11. The zero-order chi connectivity index (χ0) is 84.4. The molecule has 0 unspecified atom stereocenters. The van der Waals surface area contributed by atoms with E-state index in [0.29, 0.717) is 43.5 Å². The van der Waals surface area contributed by atoms with Crippen LogP contribution in [0.5, 0.6) is 0 Å². The number of carbonyl (C=O) groups excluding carboxylic acids is 3. The first-order valence-corrected chi connectivity index (χ1v) is 44.5. The van der Waals surface area contributed by atoms with Gasteiger partial charge in [-0.05, 0) is 160 Å². The zero-order valence-electron chi connectivity index (χ0n) is 66.4. The maximum Gasteiger partial charge on any atom is 0.328 e. The Morgan fingerprint density at radius 1 is 0.558 bits per heavy atom. The average molecular weight is 1850 g/mol. The summed E-state index contributed by atoms with van der Waals surface area (Å²) < 4.78 is 72.4. The number of hydrogen-bond acceptors (Lipinski definition) is 20. The molecular weight excluding hydrogens is 1750 g/mol. The lowest BCUT2D eigenvalue weighted by Crippen LogP contribution is -2.41. The number of halogens is 4. The number of anilines is 1. The standard InChI is InChI=1S/C25H27N5O3S.C23H30N2O5S.C9H10BrN3.C9H11N3.C5H7N3.C4H7BrO.C2H4O2.C2H6O.Br2/c1-4-22-23(30-16-15-26-18(3)24(30)28-22)20-9-7-19(8-10-20)13-14-27-25(31)29-34(32,33)21-11-5-17(2)6-12-21;1-16-6-12-19(13-7-16)31(27,28)25-21(26)24-15-14-17-8-10-18(11-9-17)20-29-22(2,3)23(4,5)30-20;1-3-7-8(10)13-5-4-11-6(2)9(13)12-7;1-3-8-6-12-5-4-10-7(2)9(12)11-8;1-4-5(6)8-3-2-7-4;1-2-4(6)3-5;1-2(3)4;1-2-3;1-2/h5-12,15-16H,4,13-14H2,1-3H3,(H2,27,29,31);6-13,20H,14-15H2,1-5H3,(H2,24,25,26);4-5H,3H2,1-2H3;4-6H,3H2,1-2H3;2-3H,1H3,(H2,6,8);2-3H2,1H3;1H3,(H,3,4);3H,2H2,1H3;. The predicted molar refractivity (Wildman–Crippen MR) is 455 cm³/mol. The number of aromatic nitrogens is 11. The van der Waals surface area contributed by atoms with E-state index in [1.165, 1.54) is 24.3 Å². The van der Waals surface area contributed by atoms with E-state index in [2.05, 4.69) is 131 Å². The number of imidazole rings is 3. The van der Waals surface area contributed by atoms with Gasteiger partial charge in [-0.25, -0.2) is 55.8 Å². The minimum atomic E-state index is -3.90. The highest BCUT2D eigenvalue weighted by molar-refractivity contribution is 9.93. The highest BCUT2D eigenvalue weighted by atomic mass is 80.9. The quantitative estimate of drug-likeness (QED) is 0.0416. The summed E-state index contributed by atoms with van der Waals surface area (Å²) in [6.45, 7) is 31.2. The molecule has 0 saturated carbocycles. The van der Waals surface area contributed by atoms with Crippen LogP contribution in [-0.4, -0.2) is 140 Å². The SMILES string of the molecule is BrBr.CC(=O)O.CCC(=O)CBr.CCO.CCc1cn2ccnc(C)c2n1.CCc1nc2c(C)nccn2c1-c1ccc(CCNC(=O)NS(=O)(=O)c2ccc(C)cc2)cc1.CCc1nc2c(C)nccn2c1Br.Cc1ccc(S(=O)(=O)NC(=O)NCCc2ccc(C3OC(C)(C)C(C)(C)O3)cc2)cc1.Cc1nccnc1N. The molecule has 0 spiro atoms. The monoisotopic (exact) mass is 1850 g/mol. The van der Waals surface area contributed by atoms with Gasteiger partial charge in [0, 0.05) is 128 Å². The molecule has 1 aliphatic rings. The highest BCUT2D eigenvalue weighted by Gasteiger charge is 2.49. The molecule has 0 radical (unpaired) electrons. The van der Waals surface area contributed by atoms with E-state index in [4.69, 9.17) is 35.2 Å². The molecule has 11 aromatic rings. The topological polar surface area (TPSA) is 386 Å². The Hall–Kier alpha value is -9.00. The van der Waals surface area contributed by atoms with Crippen molar-refractivity contribution in [3.63, 3.8) is 0 Å². The number of Topliss-reactive ketones (excluding diaryl/α,β-unsaturated/α-hetero) is 1. The first-order valence-electron chi connectivity index (χ1n) is 35.9. The van der Waals surface area contributed by atoms with Crippen molar-refractivity contribution >= 4 is 127 Å². The molecule has 4 amide bonds. The first kappa shape index (κ1) is 96.4. The Bertz CT molecular complexity index is 5040. The van der Waals surface area contributed by atoms with Crippen molar-refractivity contribution in [2.75, 3.05) is 30.8 Å². The van der Waals surface area contributed by atoms with E-state index in [1.54, 1.807) is 62.2 Å². The average Bonchev–Trinajstić information content (AvgIpc) is 1.63. The number of aliphatic hydroxyl groups excluding tert-OH is 1. The Balaban J connectivity index is 0.000000306. The number of fused-ring (bicyclic) bond motifs is 3. The second-order valence-corrected chi connectivity index (χ2v) is 30.6. The number of aliphatic carboxylic acids is 1. The first-order chi connectivity index (χ1) is 53.5. The number of carboxylic acid groups (broad SMARTS) is 1. The molecule has 8 heterocycles. The minimum absolute atomic E-state index is 0.0477. The van der Waals surface area contributed by atoms with Crippen LogP contribution in [0.15, 0.2) is 167 Å². The maximum absolute atomic E-state index is 12.3. The summed E-state index contributed by atoms with van der Waals surface area (Å²) in [5.74, 6) is -0.0671. The fraction of sp³-hybridized carbons (Fsp3) is 0.367. The Kier molecular flexibility index (Phi) is 40.1. The molecule has 1 saturated heterocycles. The van der Waals surface area contributed by atoms with Crippen LogP contribution in [0, 0.1) is 41.5 Å². The fourth-order valence-electron chi connectivity index (χ4n) is 9.99. The summed E-state index contributed by atoms with van der Waals surface area (Å²) >= 11 is 12.0. The summed E-state index contributed by atoms with van der Waals surface area (Å²) in [7, 11) is -7.80. The third-order valence-corrected chi connectivity index (χ3v) is 21.0. The minimum Gasteiger partial charge on any atom is -0.481 e. The van der Waals surface area contributed by atoms with Gasteiger partial charge in [0.15, 0.2) is 23.2 Å². The van der Waals surface area contributed by atoms with Crippen LogP contribution in [0.4, 0.5) is 15.4 Å². The molecule has 12 rings (SSSR count). The smallest absolute Gasteiger partial charge is 0.328 e. The summed E-state index contributed by atoms with van der Waals surface area (Å²) in [4.78, 5) is 77.4. The Morgan fingerprint density at radius 3 is 1.35 bits per heavy atom. The largest absolute Gasteiger partial charge is 0.481 e. The van der Waals surface area contributed by atoms with E-state index >= 15 is 0 Å². The van der Waals surface area contributed by atoms with Crippen molar-refractivity contribution in [3.8, 4) is 11.3 Å². The van der Waals surface area contributed by atoms with Gasteiger partial charge in [0.05, 0.1) is 71.9 Å². The fourth-order valence-corrected chi connectivity index (χ4v) is 12.9. The molecule has 1 fully saturated rings. The van der Waals surface area contributed by atoms with Gasteiger partial charge < -0.3 is 40.5 Å². The lowest BCUT2D eigenvalue weighted by atomic mass is 9.90. The van der Waals surface area contributed by atoms with Gasteiger partial charge in [0.25, 0.3) is 26.0 Å². The zero-order valence-corrected chi connectivity index (χ0v) is 74.4. The molecule has 0 bridgehead atoms. The van der Waals surface area contributed by atoms with Crippen molar-refractivity contribution < 1.29 is 55.7 Å². The van der Waals surface area contributed by atoms with Gasteiger partial charge in [0.2, 0.25) is 0 Å². The van der Waals surface area contributed by atoms with Crippen LogP contribution in [0.25, 0.3) is 28.2 Å². The number of carboxylic acids is 1. The summed E-state index contributed by atoms with van der Waals surface area (Å²) in [5, 5.41) is 20.7. The summed E-state index contributed by atoms with van der Waals surface area (Å²) in [6.07, 6.45) is 20.4. The number of hydrogen-bond donors (Lipinski definition) is 7. The number of aliphatic hydroxyl groups is 1. The number of aryl methyl sites for hydroxylation is 9. The van der Waals surface area contributed by atoms with Crippen molar-refractivity contribution in [3.05, 3.63) is 225 Å². The number of nitrogens with one attached hydrogen (secondary N) is 4. The lowest BCUT2D eigenvalue weighted by Gasteiger charge is -2.30. The summed E-state index contributed by atoms with van der Waals surface area (Å²) in [5.41, 5.74) is 21.1. The van der Waals surface area contributed by atoms with Crippen molar-refractivity contribution in [1.82, 2.24) is 73.2 Å². The number of urea groups is 2. The number of alkyl halides is 1. The van der Waals surface area contributed by atoms with Gasteiger partial charge in [-0.2, -0.15) is 0 Å². The van der Waals surface area contributed by atoms with Gasteiger partial charge in [0.1, 0.15) is 16.2 Å². The number of ketones is 1. The van der Waals surface area contributed by atoms with Crippen LogP contribution in [0.1, 0.15) is 150 Å². The van der Waals surface area contributed by atoms with Gasteiger partial charge in [-0.3, -0.25) is 38.3 Å². The van der Waals surface area contributed by atoms with Crippen LogP contribution in [0.2, 0.25) is 0 Å². The maximum atomic E-state index is 12.3. The normalized spacial score (nSPS) is 12.3. The molecule has 34 heteroatoms. The number of sulfonamides is 2. The molecule has 0 atom stereocenters. The van der Waals surface area contributed by atoms with E-state index in [9.17, 15) is 31.2 Å². The van der Waals surface area contributed by atoms with Gasteiger partial charge >= 0.3 is 12.1 Å². The van der Waals surface area contributed by atoms with Crippen LogP contribution in [0.3, 0.4) is 0 Å². The van der Waals surface area contributed by atoms with E-state index in [0.717, 1.165) is 127 Å². The Morgan fingerprint density at radius 2 is 0.965 bits per heavy atom. The van der Waals surface area contributed by atoms with Crippen LogP contribution >= 0.6 is 60.1 Å².